The van der Waals surface area contributed by atoms with Crippen molar-refractivity contribution in [1.82, 2.24) is 5.32 Å². The minimum Gasteiger partial charge on any atom is -0.493 e. The van der Waals surface area contributed by atoms with Crippen molar-refractivity contribution in [3.63, 3.8) is 0 Å². The molecule has 0 saturated heterocycles. The Kier molecular flexibility index (Phi) is 8.98. The van der Waals surface area contributed by atoms with Crippen molar-refractivity contribution in [2.75, 3.05) is 33.2 Å². The lowest BCUT2D eigenvalue weighted by Gasteiger charge is -2.15. The number of hydrogen-bond donors (Lipinski definition) is 2. The van der Waals surface area contributed by atoms with Crippen molar-refractivity contribution >= 4 is 46.7 Å². The van der Waals surface area contributed by atoms with Crippen molar-refractivity contribution < 1.29 is 33.3 Å². The Balaban J connectivity index is 1.94. The number of carbonyl (C=O) groups excluding carboxylic acids is 3. The van der Waals surface area contributed by atoms with Gasteiger partial charge in [0.1, 0.15) is 6.54 Å². The molecule has 0 heterocycles. The van der Waals surface area contributed by atoms with Gasteiger partial charge in [-0.05, 0) is 37.3 Å². The molecule has 11 heteroatoms. The third-order valence-corrected chi connectivity index (χ3v) is 4.73. The molecule has 9 nitrogen and oxygen atoms in total. The molecule has 0 aromatic heterocycles. The van der Waals surface area contributed by atoms with Crippen LogP contribution in [0.25, 0.3) is 0 Å². The monoisotopic (exact) mass is 484 g/mol. The lowest BCUT2D eigenvalue weighted by molar-refractivity contribution is -0.152. The Morgan fingerprint density at radius 1 is 0.969 bits per heavy atom. The van der Waals surface area contributed by atoms with Crippen LogP contribution in [0.15, 0.2) is 30.3 Å². The van der Waals surface area contributed by atoms with Crippen molar-refractivity contribution in [1.29, 1.82) is 0 Å². The molecule has 0 saturated carbocycles. The first-order valence-corrected chi connectivity index (χ1v) is 9.99. The van der Waals surface area contributed by atoms with E-state index in [-0.39, 0.29) is 22.1 Å². The first-order valence-electron chi connectivity index (χ1n) is 9.23. The maximum atomic E-state index is 12.4. The number of hydrogen-bond acceptors (Lipinski definition) is 7. The zero-order valence-electron chi connectivity index (χ0n) is 17.8. The van der Waals surface area contributed by atoms with E-state index >= 15 is 0 Å². The predicted molar refractivity (Wildman–Crippen MR) is 119 cm³/mol. The van der Waals surface area contributed by atoms with E-state index in [1.807, 2.05) is 0 Å². The fourth-order valence-electron chi connectivity index (χ4n) is 2.58. The zero-order valence-corrected chi connectivity index (χ0v) is 19.3. The number of anilines is 1. The molecule has 2 N–H and O–H groups in total. The highest BCUT2D eigenvalue weighted by atomic mass is 35.5. The molecule has 32 heavy (non-hydrogen) atoms. The molecule has 0 aliphatic rings. The number of nitrogens with one attached hydrogen (secondary N) is 2. The molecular weight excluding hydrogens is 463 g/mol. The summed E-state index contributed by atoms with van der Waals surface area (Å²) in [5, 5.41) is 5.60. The summed E-state index contributed by atoms with van der Waals surface area (Å²) in [6.45, 7) is 0.924. The summed E-state index contributed by atoms with van der Waals surface area (Å²) in [6.07, 6.45) is -1.13. The lowest BCUT2D eigenvalue weighted by Crippen LogP contribution is -2.35. The normalized spacial score (nSPS) is 11.2. The SMILES string of the molecule is COc1cc(C(=O)NCC(=O)OC(C)C(=O)Nc2ccc(Cl)cc2Cl)cc(OC)c1OC. The average molecular weight is 485 g/mol. The van der Waals surface area contributed by atoms with Gasteiger partial charge < -0.3 is 29.6 Å². The highest BCUT2D eigenvalue weighted by Gasteiger charge is 2.21. The fraction of sp³-hybridized carbons (Fsp3) is 0.286. The van der Waals surface area contributed by atoms with Gasteiger partial charge in [-0.1, -0.05) is 23.2 Å². The van der Waals surface area contributed by atoms with Crippen LogP contribution in [0.3, 0.4) is 0 Å². The van der Waals surface area contributed by atoms with Crippen LogP contribution in [-0.2, 0) is 14.3 Å². The second kappa shape index (κ2) is 11.4. The van der Waals surface area contributed by atoms with Gasteiger partial charge in [0.15, 0.2) is 17.6 Å². The van der Waals surface area contributed by atoms with Gasteiger partial charge in [-0.3, -0.25) is 14.4 Å². The fourth-order valence-corrected chi connectivity index (χ4v) is 3.04. The van der Waals surface area contributed by atoms with Crippen molar-refractivity contribution in [3.8, 4) is 17.2 Å². The number of halogens is 2. The molecule has 0 fully saturated rings. The van der Waals surface area contributed by atoms with Gasteiger partial charge in [0.05, 0.1) is 32.0 Å². The van der Waals surface area contributed by atoms with E-state index < -0.39 is 30.4 Å². The molecule has 172 valence electrons. The predicted octanol–water partition coefficient (Wildman–Crippen LogP) is 3.32. The van der Waals surface area contributed by atoms with Crippen LogP contribution < -0.4 is 24.8 Å². The van der Waals surface area contributed by atoms with Crippen LogP contribution in [0.2, 0.25) is 10.0 Å². The minimum atomic E-state index is -1.13. The Morgan fingerprint density at radius 2 is 1.59 bits per heavy atom. The van der Waals surface area contributed by atoms with Crippen molar-refractivity contribution in [2.24, 2.45) is 0 Å². The van der Waals surface area contributed by atoms with Gasteiger partial charge in [-0.2, -0.15) is 0 Å². The number of carbonyl (C=O) groups is 3. The highest BCUT2D eigenvalue weighted by molar-refractivity contribution is 6.36. The maximum absolute atomic E-state index is 12.4. The largest absolute Gasteiger partial charge is 0.493 e. The van der Waals surface area contributed by atoms with Crippen LogP contribution in [0.4, 0.5) is 5.69 Å². The first-order chi connectivity index (χ1) is 15.2. The molecule has 1 atom stereocenters. The van der Waals surface area contributed by atoms with Gasteiger partial charge in [0, 0.05) is 10.6 Å². The number of methoxy groups -OCH3 is 3. The topological polar surface area (TPSA) is 112 Å². The average Bonchev–Trinajstić information content (AvgIpc) is 2.77. The molecule has 0 spiro atoms. The second-order valence-electron chi connectivity index (χ2n) is 6.34. The van der Waals surface area contributed by atoms with Crippen LogP contribution >= 0.6 is 23.2 Å². The van der Waals surface area contributed by atoms with E-state index in [0.29, 0.717) is 16.5 Å². The summed E-state index contributed by atoms with van der Waals surface area (Å²) >= 11 is 11.8. The molecule has 0 bridgehead atoms. The van der Waals surface area contributed by atoms with Gasteiger partial charge >= 0.3 is 5.97 Å². The van der Waals surface area contributed by atoms with Crippen LogP contribution in [0.1, 0.15) is 17.3 Å². The summed E-state index contributed by atoms with van der Waals surface area (Å²) in [5.74, 6) is -1.09. The smallest absolute Gasteiger partial charge is 0.326 e. The maximum Gasteiger partial charge on any atom is 0.326 e. The van der Waals surface area contributed by atoms with Crippen LogP contribution in [0.5, 0.6) is 17.2 Å². The van der Waals surface area contributed by atoms with Crippen molar-refractivity contribution in [2.45, 2.75) is 13.0 Å². The van der Waals surface area contributed by atoms with E-state index in [0.717, 1.165) is 0 Å². The quantitative estimate of drug-likeness (QED) is 0.524. The summed E-state index contributed by atoms with van der Waals surface area (Å²) in [6, 6.07) is 7.42. The number of rotatable bonds is 9. The summed E-state index contributed by atoms with van der Waals surface area (Å²) in [4.78, 5) is 36.7. The third kappa shape index (κ3) is 6.41. The van der Waals surface area contributed by atoms with Gasteiger partial charge in [0.25, 0.3) is 11.8 Å². The van der Waals surface area contributed by atoms with Gasteiger partial charge in [-0.15, -0.1) is 0 Å². The molecule has 2 aromatic carbocycles. The van der Waals surface area contributed by atoms with E-state index in [9.17, 15) is 14.4 Å². The molecule has 0 radical (unpaired) electrons. The van der Waals surface area contributed by atoms with E-state index in [1.54, 1.807) is 6.07 Å². The Bertz CT molecular complexity index is 989. The van der Waals surface area contributed by atoms with E-state index in [2.05, 4.69) is 10.6 Å². The molecule has 0 aliphatic heterocycles. The number of esters is 1. The lowest BCUT2D eigenvalue weighted by atomic mass is 10.1. The van der Waals surface area contributed by atoms with E-state index in [1.165, 1.54) is 52.5 Å². The third-order valence-electron chi connectivity index (χ3n) is 4.19. The summed E-state index contributed by atoms with van der Waals surface area (Å²) in [7, 11) is 4.27. The Labute approximate surface area is 194 Å². The molecule has 2 rings (SSSR count). The molecular formula is C21H22Cl2N2O7. The Hall–Kier alpha value is -3.17. The zero-order chi connectivity index (χ0) is 23.8. The van der Waals surface area contributed by atoms with E-state index in [4.69, 9.17) is 42.1 Å². The number of amides is 2. The van der Waals surface area contributed by atoms with Crippen LogP contribution in [-0.4, -0.2) is 51.8 Å². The van der Waals surface area contributed by atoms with Crippen LogP contribution in [0, 0.1) is 0 Å². The molecule has 2 aromatic rings. The summed E-state index contributed by atoms with van der Waals surface area (Å²) in [5.41, 5.74) is 0.496. The minimum absolute atomic E-state index is 0.176. The number of ether oxygens (including phenoxy) is 4. The Morgan fingerprint density at radius 3 is 2.12 bits per heavy atom. The number of benzene rings is 2. The highest BCUT2D eigenvalue weighted by Crippen LogP contribution is 2.38. The first kappa shape index (κ1) is 25.1. The molecule has 1 unspecified atom stereocenters. The molecule has 0 aliphatic carbocycles. The van der Waals surface area contributed by atoms with Gasteiger partial charge in [0.2, 0.25) is 5.75 Å². The summed E-state index contributed by atoms with van der Waals surface area (Å²) < 4.78 is 20.7. The molecule has 2 amide bonds. The second-order valence-corrected chi connectivity index (χ2v) is 7.19. The standard InChI is InChI=1S/C21H22Cl2N2O7/c1-11(20(27)25-15-6-5-13(22)9-14(15)23)32-18(26)10-24-21(28)12-7-16(29-2)19(31-4)17(8-12)30-3/h5-9,11H,10H2,1-4H3,(H,24,28)(H,25,27). The van der Waals surface area contributed by atoms with Crippen molar-refractivity contribution in [3.05, 3.63) is 45.9 Å². The van der Waals surface area contributed by atoms with Gasteiger partial charge in [-0.25, -0.2) is 0 Å².